The first kappa shape index (κ1) is 21.9. The topological polar surface area (TPSA) is 69.2 Å². The summed E-state index contributed by atoms with van der Waals surface area (Å²) in [5.74, 6) is 1.66. The van der Waals surface area contributed by atoms with E-state index in [1.165, 1.54) is 5.56 Å². The van der Waals surface area contributed by atoms with Crippen molar-refractivity contribution in [3.8, 4) is 17.2 Å². The van der Waals surface area contributed by atoms with Gasteiger partial charge in [0.25, 0.3) is 5.91 Å². The minimum atomic E-state index is -0.304. The normalized spacial score (nSPS) is 10.7. The Bertz CT molecular complexity index is 1030. The van der Waals surface area contributed by atoms with Crippen molar-refractivity contribution in [1.82, 2.24) is 5.43 Å². The Morgan fingerprint density at radius 3 is 2.39 bits per heavy atom. The maximum absolute atomic E-state index is 12.2. The van der Waals surface area contributed by atoms with E-state index in [0.717, 1.165) is 11.1 Å². The number of hydrogen-bond acceptors (Lipinski definition) is 5. The number of rotatable bonds is 9. The van der Waals surface area contributed by atoms with Gasteiger partial charge in [0.05, 0.1) is 19.9 Å². The molecule has 0 aliphatic rings. The van der Waals surface area contributed by atoms with E-state index in [9.17, 15) is 4.79 Å². The van der Waals surface area contributed by atoms with Gasteiger partial charge in [0, 0.05) is 5.56 Å². The number of benzene rings is 3. The molecule has 0 bridgehead atoms. The largest absolute Gasteiger partial charge is 0.497 e. The summed E-state index contributed by atoms with van der Waals surface area (Å²) in [4.78, 5) is 12.2. The number of hydrazone groups is 1. The molecule has 0 fully saturated rings. The first-order valence-electron chi connectivity index (χ1n) is 10.0. The molecule has 0 saturated carbocycles. The molecule has 6 nitrogen and oxygen atoms in total. The summed E-state index contributed by atoms with van der Waals surface area (Å²) >= 11 is 0. The lowest BCUT2D eigenvalue weighted by Gasteiger charge is -2.12. The molecule has 31 heavy (non-hydrogen) atoms. The molecule has 0 saturated heterocycles. The highest BCUT2D eigenvalue weighted by molar-refractivity contribution is 5.95. The SMILES string of the molecule is CCOc1cc(/C=N\NC(=O)c2ccc(OC)cc2)ccc1OCc1ccc(C)cc1. The highest BCUT2D eigenvalue weighted by Gasteiger charge is 2.07. The maximum Gasteiger partial charge on any atom is 0.271 e. The lowest BCUT2D eigenvalue weighted by atomic mass is 10.2. The van der Waals surface area contributed by atoms with E-state index >= 15 is 0 Å². The summed E-state index contributed by atoms with van der Waals surface area (Å²) in [5, 5.41) is 4.04. The van der Waals surface area contributed by atoms with Crippen LogP contribution in [-0.4, -0.2) is 25.8 Å². The minimum Gasteiger partial charge on any atom is -0.497 e. The van der Waals surface area contributed by atoms with Gasteiger partial charge in [0.2, 0.25) is 0 Å². The van der Waals surface area contributed by atoms with Crippen molar-refractivity contribution in [2.75, 3.05) is 13.7 Å². The molecule has 1 N–H and O–H groups in total. The van der Waals surface area contributed by atoms with Crippen LogP contribution in [0.25, 0.3) is 0 Å². The molecular weight excluding hydrogens is 392 g/mol. The van der Waals surface area contributed by atoms with Crippen molar-refractivity contribution >= 4 is 12.1 Å². The Hall–Kier alpha value is -3.80. The predicted molar refractivity (Wildman–Crippen MR) is 121 cm³/mol. The highest BCUT2D eigenvalue weighted by Crippen LogP contribution is 2.29. The van der Waals surface area contributed by atoms with Crippen molar-refractivity contribution < 1.29 is 19.0 Å². The zero-order valence-corrected chi connectivity index (χ0v) is 17.9. The van der Waals surface area contributed by atoms with Gasteiger partial charge < -0.3 is 14.2 Å². The predicted octanol–water partition coefficient (Wildman–Crippen LogP) is 4.75. The number of ether oxygens (including phenoxy) is 3. The monoisotopic (exact) mass is 418 g/mol. The molecule has 6 heteroatoms. The molecule has 0 aliphatic carbocycles. The van der Waals surface area contributed by atoms with Crippen LogP contribution in [0.4, 0.5) is 0 Å². The highest BCUT2D eigenvalue weighted by atomic mass is 16.5. The van der Waals surface area contributed by atoms with Crippen molar-refractivity contribution in [3.63, 3.8) is 0 Å². The van der Waals surface area contributed by atoms with E-state index in [1.807, 2.05) is 37.3 Å². The number of nitrogens with one attached hydrogen (secondary N) is 1. The summed E-state index contributed by atoms with van der Waals surface area (Å²) in [6.07, 6.45) is 1.56. The molecule has 0 heterocycles. The van der Waals surface area contributed by atoms with E-state index in [1.54, 1.807) is 37.6 Å². The molecule has 0 aromatic heterocycles. The second-order valence-electron chi connectivity index (χ2n) is 6.84. The van der Waals surface area contributed by atoms with Crippen molar-refractivity contribution in [3.05, 3.63) is 89.0 Å². The van der Waals surface area contributed by atoms with Crippen LogP contribution in [0.2, 0.25) is 0 Å². The number of nitrogens with zero attached hydrogens (tertiary/aromatic N) is 1. The van der Waals surface area contributed by atoms with Gasteiger partial charge in [-0.3, -0.25) is 4.79 Å². The van der Waals surface area contributed by atoms with Gasteiger partial charge in [0.1, 0.15) is 12.4 Å². The Morgan fingerprint density at radius 1 is 0.968 bits per heavy atom. The lowest BCUT2D eigenvalue weighted by molar-refractivity contribution is 0.0955. The van der Waals surface area contributed by atoms with Crippen LogP contribution in [-0.2, 0) is 6.61 Å². The second kappa shape index (κ2) is 10.8. The number of carbonyl (C=O) groups is 1. The summed E-state index contributed by atoms with van der Waals surface area (Å²) < 4.78 is 16.8. The average Bonchev–Trinajstić information content (AvgIpc) is 2.80. The zero-order valence-electron chi connectivity index (χ0n) is 17.9. The molecule has 0 atom stereocenters. The number of amides is 1. The van der Waals surface area contributed by atoms with Crippen LogP contribution < -0.4 is 19.6 Å². The zero-order chi connectivity index (χ0) is 22.1. The quantitative estimate of drug-likeness (QED) is 0.402. The molecule has 3 aromatic rings. The molecular formula is C25H26N2O4. The van der Waals surface area contributed by atoms with E-state index in [0.29, 0.717) is 36.0 Å². The van der Waals surface area contributed by atoms with Gasteiger partial charge in [0.15, 0.2) is 11.5 Å². The molecule has 0 spiro atoms. The summed E-state index contributed by atoms with van der Waals surface area (Å²) in [5.41, 5.74) is 6.08. The smallest absolute Gasteiger partial charge is 0.271 e. The van der Waals surface area contributed by atoms with Crippen molar-refractivity contribution in [1.29, 1.82) is 0 Å². The van der Waals surface area contributed by atoms with Crippen LogP contribution in [0.15, 0.2) is 71.8 Å². The first-order valence-corrected chi connectivity index (χ1v) is 10.0. The third-order valence-corrected chi connectivity index (χ3v) is 4.51. The van der Waals surface area contributed by atoms with E-state index < -0.39 is 0 Å². The van der Waals surface area contributed by atoms with Crippen LogP contribution in [0, 0.1) is 6.92 Å². The Balaban J connectivity index is 1.63. The van der Waals surface area contributed by atoms with Gasteiger partial charge in [-0.2, -0.15) is 5.10 Å². The lowest BCUT2D eigenvalue weighted by Crippen LogP contribution is -2.17. The van der Waals surface area contributed by atoms with Crippen LogP contribution >= 0.6 is 0 Å². The van der Waals surface area contributed by atoms with Gasteiger partial charge in [-0.15, -0.1) is 0 Å². The number of aryl methyl sites for hydroxylation is 1. The van der Waals surface area contributed by atoms with Gasteiger partial charge in [-0.25, -0.2) is 5.43 Å². The number of hydrogen-bond donors (Lipinski definition) is 1. The standard InChI is InChI=1S/C25H26N2O4/c1-4-30-24-15-20(9-14-23(24)31-17-19-7-5-18(2)6-8-19)16-26-27-25(28)21-10-12-22(29-3)13-11-21/h5-16H,4,17H2,1-3H3,(H,27,28)/b26-16-. The van der Waals surface area contributed by atoms with Crippen LogP contribution in [0.5, 0.6) is 17.2 Å². The third kappa shape index (κ3) is 6.34. The molecule has 0 unspecified atom stereocenters. The fourth-order valence-corrected chi connectivity index (χ4v) is 2.81. The Morgan fingerprint density at radius 2 is 1.71 bits per heavy atom. The average molecular weight is 418 g/mol. The van der Waals surface area contributed by atoms with Crippen molar-refractivity contribution in [2.24, 2.45) is 5.10 Å². The fraction of sp³-hybridized carbons (Fsp3) is 0.200. The minimum absolute atomic E-state index is 0.304. The molecule has 0 aliphatic heterocycles. The maximum atomic E-state index is 12.2. The second-order valence-corrected chi connectivity index (χ2v) is 6.84. The molecule has 160 valence electrons. The van der Waals surface area contributed by atoms with Crippen molar-refractivity contribution in [2.45, 2.75) is 20.5 Å². The summed E-state index contributed by atoms with van der Waals surface area (Å²) in [6.45, 7) is 4.93. The molecule has 0 radical (unpaired) electrons. The fourth-order valence-electron chi connectivity index (χ4n) is 2.81. The van der Waals surface area contributed by atoms with Crippen LogP contribution in [0.3, 0.4) is 0 Å². The molecule has 3 aromatic carbocycles. The van der Waals surface area contributed by atoms with Gasteiger partial charge in [-0.05, 0) is 67.4 Å². The first-order chi connectivity index (χ1) is 15.1. The Labute approximate surface area is 182 Å². The summed E-state index contributed by atoms with van der Waals surface area (Å²) in [7, 11) is 1.58. The van der Waals surface area contributed by atoms with E-state index in [2.05, 4.69) is 29.6 Å². The van der Waals surface area contributed by atoms with Gasteiger partial charge in [-0.1, -0.05) is 29.8 Å². The number of carbonyl (C=O) groups excluding carboxylic acids is 1. The van der Waals surface area contributed by atoms with E-state index in [-0.39, 0.29) is 5.91 Å². The third-order valence-electron chi connectivity index (χ3n) is 4.51. The number of methoxy groups -OCH3 is 1. The van der Waals surface area contributed by atoms with E-state index in [4.69, 9.17) is 14.2 Å². The molecule has 1 amide bonds. The molecule has 3 rings (SSSR count). The Kier molecular flexibility index (Phi) is 7.65. The summed E-state index contributed by atoms with van der Waals surface area (Å²) in [6, 6.07) is 20.5. The van der Waals surface area contributed by atoms with Gasteiger partial charge >= 0.3 is 0 Å². The van der Waals surface area contributed by atoms with Crippen LogP contribution in [0.1, 0.15) is 34.0 Å².